The lowest BCUT2D eigenvalue weighted by Crippen LogP contribution is -2.42. The van der Waals surface area contributed by atoms with Crippen LogP contribution in [0.5, 0.6) is 0 Å². The van der Waals surface area contributed by atoms with E-state index in [1.807, 2.05) is 0 Å². The molecule has 0 saturated carbocycles. The van der Waals surface area contributed by atoms with Crippen molar-refractivity contribution >= 4 is 34.8 Å². The van der Waals surface area contributed by atoms with Gasteiger partial charge in [0.25, 0.3) is 11.6 Å². The van der Waals surface area contributed by atoms with E-state index in [4.69, 9.17) is 23.2 Å². The van der Waals surface area contributed by atoms with E-state index in [1.54, 1.807) is 4.90 Å². The number of nitrogens with zero attached hydrogens (tertiary/aromatic N) is 2. The van der Waals surface area contributed by atoms with E-state index < -0.39 is 4.92 Å². The van der Waals surface area contributed by atoms with Crippen LogP contribution in [0.2, 0.25) is 10.0 Å². The highest BCUT2D eigenvalue weighted by atomic mass is 35.5. The lowest BCUT2D eigenvalue weighted by molar-refractivity contribution is -0.384. The van der Waals surface area contributed by atoms with Crippen molar-refractivity contribution in [3.05, 3.63) is 37.9 Å². The Morgan fingerprint density at radius 2 is 1.86 bits per heavy atom. The van der Waals surface area contributed by atoms with Crippen molar-refractivity contribution in [3.8, 4) is 0 Å². The van der Waals surface area contributed by atoms with E-state index in [0.717, 1.165) is 12.5 Å². The van der Waals surface area contributed by atoms with Crippen LogP contribution in [0.15, 0.2) is 12.1 Å². The van der Waals surface area contributed by atoms with Gasteiger partial charge in [-0.15, -0.1) is 0 Å². The minimum atomic E-state index is -0.583. The Bertz CT molecular complexity index is 582. The van der Waals surface area contributed by atoms with Gasteiger partial charge in [-0.1, -0.05) is 37.0 Å². The van der Waals surface area contributed by atoms with Gasteiger partial charge in [-0.05, 0) is 18.3 Å². The lowest BCUT2D eigenvalue weighted by atomic mass is 9.91. The van der Waals surface area contributed by atoms with Crippen LogP contribution in [-0.2, 0) is 0 Å². The quantitative estimate of drug-likeness (QED) is 0.607. The summed E-state index contributed by atoms with van der Waals surface area (Å²) in [6, 6.07) is 2.35. The molecule has 1 fully saturated rings. The number of non-ortho nitro benzene ring substituents is 1. The van der Waals surface area contributed by atoms with E-state index in [2.05, 4.69) is 13.8 Å². The minimum Gasteiger partial charge on any atom is -0.338 e. The van der Waals surface area contributed by atoms with Gasteiger partial charge in [-0.25, -0.2) is 0 Å². The summed E-state index contributed by atoms with van der Waals surface area (Å²) in [5.41, 5.74) is -0.136. The molecule has 0 aromatic heterocycles. The molecule has 114 valence electrons. The standard InChI is InChI=1S/C14H16Cl2N2O3/c1-8-3-9(2)7-17(6-8)14(19)11-4-10(18(20)21)5-12(15)13(11)16/h4-5,8-9H,3,6-7H2,1-2H3. The molecule has 0 spiro atoms. The molecule has 2 atom stereocenters. The van der Waals surface area contributed by atoms with Crippen LogP contribution in [0.4, 0.5) is 5.69 Å². The molecule has 1 saturated heterocycles. The zero-order valence-electron chi connectivity index (χ0n) is 11.8. The Hall–Kier alpha value is -1.33. The normalized spacial score (nSPS) is 22.2. The van der Waals surface area contributed by atoms with E-state index in [9.17, 15) is 14.9 Å². The van der Waals surface area contributed by atoms with E-state index in [0.29, 0.717) is 24.9 Å². The second kappa shape index (κ2) is 6.20. The molecule has 1 heterocycles. The van der Waals surface area contributed by atoms with Crippen LogP contribution in [0.3, 0.4) is 0 Å². The summed E-state index contributed by atoms with van der Waals surface area (Å²) in [7, 11) is 0. The first-order valence-corrected chi connectivity index (χ1v) is 7.48. The first-order valence-electron chi connectivity index (χ1n) is 6.72. The first-order chi connectivity index (χ1) is 9.79. The zero-order chi connectivity index (χ0) is 15.7. The van der Waals surface area contributed by atoms with E-state index >= 15 is 0 Å². The average Bonchev–Trinajstić information content (AvgIpc) is 2.39. The summed E-state index contributed by atoms with van der Waals surface area (Å²) < 4.78 is 0. The van der Waals surface area contributed by atoms with Crippen molar-refractivity contribution in [2.75, 3.05) is 13.1 Å². The maximum atomic E-state index is 12.6. The number of halogens is 2. The first kappa shape index (κ1) is 16.0. The third kappa shape index (κ3) is 3.47. The van der Waals surface area contributed by atoms with Crippen LogP contribution < -0.4 is 0 Å². The number of nitro groups is 1. The highest BCUT2D eigenvalue weighted by Gasteiger charge is 2.29. The Morgan fingerprint density at radius 3 is 2.38 bits per heavy atom. The number of rotatable bonds is 2. The van der Waals surface area contributed by atoms with E-state index in [1.165, 1.54) is 6.07 Å². The molecule has 0 N–H and O–H groups in total. The average molecular weight is 331 g/mol. The molecule has 2 rings (SSSR count). The molecular weight excluding hydrogens is 315 g/mol. The summed E-state index contributed by atoms with van der Waals surface area (Å²) in [4.78, 5) is 24.6. The fraction of sp³-hybridized carbons (Fsp3) is 0.500. The van der Waals surface area contributed by atoms with Gasteiger partial charge in [0.1, 0.15) is 0 Å². The molecule has 2 unspecified atom stereocenters. The number of piperidine rings is 1. The van der Waals surface area contributed by atoms with Crippen LogP contribution in [-0.4, -0.2) is 28.8 Å². The molecule has 1 aliphatic rings. The summed E-state index contributed by atoms with van der Waals surface area (Å²) in [6.45, 7) is 5.41. The Kier molecular flexibility index (Phi) is 4.74. The fourth-order valence-corrected chi connectivity index (χ4v) is 3.24. The molecule has 0 radical (unpaired) electrons. The highest BCUT2D eigenvalue weighted by molar-refractivity contribution is 6.44. The van der Waals surface area contributed by atoms with Crippen molar-refractivity contribution in [3.63, 3.8) is 0 Å². The van der Waals surface area contributed by atoms with Gasteiger partial charge in [-0.2, -0.15) is 0 Å². The molecule has 5 nitrogen and oxygen atoms in total. The predicted molar refractivity (Wildman–Crippen MR) is 82.0 cm³/mol. The molecule has 1 aromatic carbocycles. The van der Waals surface area contributed by atoms with Gasteiger partial charge in [0.05, 0.1) is 20.5 Å². The van der Waals surface area contributed by atoms with Crippen LogP contribution >= 0.6 is 23.2 Å². The second-order valence-electron chi connectivity index (χ2n) is 5.70. The molecule has 1 aromatic rings. The molecule has 1 amide bonds. The number of benzene rings is 1. The SMILES string of the molecule is CC1CC(C)CN(C(=O)c2cc([N+](=O)[O-])cc(Cl)c2Cl)C1. The maximum absolute atomic E-state index is 12.6. The Morgan fingerprint density at radius 1 is 1.29 bits per heavy atom. The smallest absolute Gasteiger partial charge is 0.271 e. The van der Waals surface area contributed by atoms with Gasteiger partial charge in [-0.3, -0.25) is 14.9 Å². The number of carbonyl (C=O) groups is 1. The third-order valence-corrected chi connectivity index (χ3v) is 4.41. The van der Waals surface area contributed by atoms with Gasteiger partial charge >= 0.3 is 0 Å². The number of carbonyl (C=O) groups excluding carboxylic acids is 1. The van der Waals surface area contributed by atoms with Crippen molar-refractivity contribution in [1.29, 1.82) is 0 Å². The number of likely N-dealkylation sites (tertiary alicyclic amines) is 1. The molecule has 21 heavy (non-hydrogen) atoms. The summed E-state index contributed by atoms with van der Waals surface area (Å²) >= 11 is 12.0. The van der Waals surface area contributed by atoms with Gasteiger partial charge in [0, 0.05) is 25.2 Å². The topological polar surface area (TPSA) is 63.5 Å². The van der Waals surface area contributed by atoms with Crippen molar-refractivity contribution in [2.24, 2.45) is 11.8 Å². The van der Waals surface area contributed by atoms with Crippen LogP contribution in [0, 0.1) is 22.0 Å². The van der Waals surface area contributed by atoms with Crippen LogP contribution in [0.1, 0.15) is 30.6 Å². The van der Waals surface area contributed by atoms with Gasteiger partial charge in [0.15, 0.2) is 0 Å². The predicted octanol–water partition coefficient (Wildman–Crippen LogP) is 4.02. The lowest BCUT2D eigenvalue weighted by Gasteiger charge is -2.35. The Balaban J connectivity index is 2.36. The largest absolute Gasteiger partial charge is 0.338 e. The highest BCUT2D eigenvalue weighted by Crippen LogP contribution is 2.32. The van der Waals surface area contributed by atoms with Crippen molar-refractivity contribution in [1.82, 2.24) is 4.90 Å². The van der Waals surface area contributed by atoms with E-state index in [-0.39, 0.29) is 27.2 Å². The number of amides is 1. The summed E-state index contributed by atoms with van der Waals surface area (Å²) in [5.74, 6) is 0.486. The molecule has 0 aliphatic carbocycles. The van der Waals surface area contributed by atoms with Crippen molar-refractivity contribution in [2.45, 2.75) is 20.3 Å². The Labute approximate surface area is 133 Å². The number of hydrogen-bond donors (Lipinski definition) is 0. The monoisotopic (exact) mass is 330 g/mol. The second-order valence-corrected chi connectivity index (χ2v) is 6.49. The van der Waals surface area contributed by atoms with Gasteiger partial charge < -0.3 is 4.90 Å². The van der Waals surface area contributed by atoms with Gasteiger partial charge in [0.2, 0.25) is 0 Å². The molecular formula is C14H16Cl2N2O3. The summed E-state index contributed by atoms with van der Waals surface area (Å²) in [6.07, 6.45) is 1.06. The third-order valence-electron chi connectivity index (χ3n) is 3.61. The van der Waals surface area contributed by atoms with Crippen LogP contribution in [0.25, 0.3) is 0 Å². The number of hydrogen-bond acceptors (Lipinski definition) is 3. The zero-order valence-corrected chi connectivity index (χ0v) is 13.3. The number of nitro benzene ring substituents is 1. The maximum Gasteiger partial charge on any atom is 0.271 e. The van der Waals surface area contributed by atoms with Crippen molar-refractivity contribution < 1.29 is 9.72 Å². The molecule has 0 bridgehead atoms. The minimum absolute atomic E-state index is 0.0207. The fourth-order valence-electron chi connectivity index (χ4n) is 2.83. The molecule has 1 aliphatic heterocycles. The summed E-state index contributed by atoms with van der Waals surface area (Å²) in [5, 5.41) is 11.0. The molecule has 7 heteroatoms.